The van der Waals surface area contributed by atoms with E-state index < -0.39 is 0 Å². The molecule has 1 aliphatic heterocycles. The van der Waals surface area contributed by atoms with Crippen molar-refractivity contribution < 1.29 is 14.3 Å². The molecule has 0 N–H and O–H groups in total. The van der Waals surface area contributed by atoms with Crippen LogP contribution < -0.4 is 0 Å². The number of ether oxygens (including phenoxy) is 1. The number of benzene rings is 3. The molecule has 0 unspecified atom stereocenters. The largest absolute Gasteiger partial charge is 0.466 e. The van der Waals surface area contributed by atoms with Gasteiger partial charge < -0.3 is 9.64 Å². The first-order valence-electron chi connectivity index (χ1n) is 12.4. The standard InChI is InChI=1S/C30H29N3O3/c1-2-36-30(35)25-17-19-32(20-18-25)29(34)24-13-15-26(16-14-24)33-28(23-11-7-4-8-12-23)21-27(31-33)22-9-5-3-6-10-22/h3-16,21,25H,2,17-20H2,1H3. The van der Waals surface area contributed by atoms with Gasteiger partial charge in [0.25, 0.3) is 5.91 Å². The molecule has 2 heterocycles. The van der Waals surface area contributed by atoms with E-state index in [1.165, 1.54) is 0 Å². The van der Waals surface area contributed by atoms with Gasteiger partial charge in [-0.1, -0.05) is 60.7 Å². The zero-order valence-electron chi connectivity index (χ0n) is 20.3. The summed E-state index contributed by atoms with van der Waals surface area (Å²) in [6, 6.07) is 30.0. The molecule has 36 heavy (non-hydrogen) atoms. The maximum atomic E-state index is 13.1. The fourth-order valence-electron chi connectivity index (χ4n) is 4.65. The van der Waals surface area contributed by atoms with Crippen molar-refractivity contribution in [3.05, 3.63) is 96.6 Å². The van der Waals surface area contributed by atoms with E-state index in [1.807, 2.05) is 89.3 Å². The van der Waals surface area contributed by atoms with Crippen LogP contribution in [0.4, 0.5) is 0 Å². The zero-order chi connectivity index (χ0) is 24.9. The van der Waals surface area contributed by atoms with Gasteiger partial charge in [-0.15, -0.1) is 0 Å². The third-order valence-electron chi connectivity index (χ3n) is 6.61. The highest BCUT2D eigenvalue weighted by atomic mass is 16.5. The topological polar surface area (TPSA) is 64.4 Å². The van der Waals surface area contributed by atoms with Crippen LogP contribution in [0.1, 0.15) is 30.1 Å². The Kier molecular flexibility index (Phi) is 6.94. The van der Waals surface area contributed by atoms with Gasteiger partial charge in [0.2, 0.25) is 0 Å². The van der Waals surface area contributed by atoms with E-state index in [0.717, 1.165) is 28.2 Å². The second-order valence-corrected chi connectivity index (χ2v) is 8.92. The van der Waals surface area contributed by atoms with Gasteiger partial charge in [-0.05, 0) is 50.1 Å². The molecule has 0 saturated carbocycles. The third-order valence-corrected chi connectivity index (χ3v) is 6.61. The van der Waals surface area contributed by atoms with Gasteiger partial charge in [0.1, 0.15) is 0 Å². The fraction of sp³-hybridized carbons (Fsp3) is 0.233. The van der Waals surface area contributed by atoms with E-state index in [1.54, 1.807) is 0 Å². The van der Waals surface area contributed by atoms with Gasteiger partial charge in [-0.3, -0.25) is 9.59 Å². The summed E-state index contributed by atoms with van der Waals surface area (Å²) in [5.41, 5.74) is 5.50. The van der Waals surface area contributed by atoms with Gasteiger partial charge in [0.15, 0.2) is 0 Å². The van der Waals surface area contributed by atoms with Gasteiger partial charge in [-0.25, -0.2) is 4.68 Å². The minimum atomic E-state index is -0.155. The van der Waals surface area contributed by atoms with Crippen molar-refractivity contribution in [1.29, 1.82) is 0 Å². The minimum absolute atomic E-state index is 0.0161. The van der Waals surface area contributed by atoms with E-state index in [0.29, 0.717) is 38.1 Å². The highest BCUT2D eigenvalue weighted by Gasteiger charge is 2.28. The Morgan fingerprint density at radius 3 is 2.08 bits per heavy atom. The van der Waals surface area contributed by atoms with E-state index in [2.05, 4.69) is 18.2 Å². The van der Waals surface area contributed by atoms with E-state index in [-0.39, 0.29) is 17.8 Å². The second-order valence-electron chi connectivity index (χ2n) is 8.92. The Balaban J connectivity index is 1.37. The molecule has 1 fully saturated rings. The van der Waals surface area contributed by atoms with Crippen LogP contribution in [0.5, 0.6) is 0 Å². The first-order chi connectivity index (χ1) is 17.6. The second kappa shape index (κ2) is 10.6. The van der Waals surface area contributed by atoms with Gasteiger partial charge >= 0.3 is 5.97 Å². The molecule has 182 valence electrons. The molecule has 1 saturated heterocycles. The van der Waals surface area contributed by atoms with Crippen molar-refractivity contribution >= 4 is 11.9 Å². The normalized spacial score (nSPS) is 14.0. The molecule has 3 aromatic carbocycles. The minimum Gasteiger partial charge on any atom is -0.466 e. The number of esters is 1. The summed E-state index contributed by atoms with van der Waals surface area (Å²) in [5.74, 6) is -0.291. The zero-order valence-corrected chi connectivity index (χ0v) is 20.3. The lowest BCUT2D eigenvalue weighted by molar-refractivity contribution is -0.149. The molecule has 5 rings (SSSR count). The lowest BCUT2D eigenvalue weighted by Crippen LogP contribution is -2.40. The predicted molar refractivity (Wildman–Crippen MR) is 140 cm³/mol. The molecular weight excluding hydrogens is 450 g/mol. The SMILES string of the molecule is CCOC(=O)C1CCN(C(=O)c2ccc(-n3nc(-c4ccccc4)cc3-c3ccccc3)cc2)CC1. The van der Waals surface area contributed by atoms with Crippen LogP contribution in [0.3, 0.4) is 0 Å². The summed E-state index contributed by atoms with van der Waals surface area (Å²) in [6.07, 6.45) is 1.28. The highest BCUT2D eigenvalue weighted by Crippen LogP contribution is 2.29. The summed E-state index contributed by atoms with van der Waals surface area (Å²) < 4.78 is 7.07. The molecule has 0 atom stereocenters. The third kappa shape index (κ3) is 4.93. The smallest absolute Gasteiger partial charge is 0.309 e. The van der Waals surface area contributed by atoms with Gasteiger partial charge in [0.05, 0.1) is 29.6 Å². The molecule has 1 aliphatic rings. The van der Waals surface area contributed by atoms with Crippen molar-refractivity contribution in [2.75, 3.05) is 19.7 Å². The number of hydrogen-bond donors (Lipinski definition) is 0. The number of nitrogens with zero attached hydrogens (tertiary/aromatic N) is 3. The van der Waals surface area contributed by atoms with Crippen molar-refractivity contribution in [3.8, 4) is 28.2 Å². The Hall–Kier alpha value is -4.19. The Morgan fingerprint density at radius 2 is 1.47 bits per heavy atom. The number of carbonyl (C=O) groups is 2. The number of likely N-dealkylation sites (tertiary alicyclic amines) is 1. The molecule has 0 bridgehead atoms. The first kappa shape index (κ1) is 23.5. The summed E-state index contributed by atoms with van der Waals surface area (Å²) in [4.78, 5) is 26.9. The monoisotopic (exact) mass is 479 g/mol. The highest BCUT2D eigenvalue weighted by molar-refractivity contribution is 5.94. The van der Waals surface area contributed by atoms with Crippen molar-refractivity contribution in [2.45, 2.75) is 19.8 Å². The number of hydrogen-bond acceptors (Lipinski definition) is 4. The van der Waals surface area contributed by atoms with Gasteiger partial charge in [-0.2, -0.15) is 5.10 Å². The molecular formula is C30H29N3O3. The summed E-state index contributed by atoms with van der Waals surface area (Å²) in [5, 5.41) is 4.91. The first-order valence-corrected chi connectivity index (χ1v) is 12.4. The summed E-state index contributed by atoms with van der Waals surface area (Å²) in [7, 11) is 0. The van der Waals surface area contributed by atoms with Crippen LogP contribution in [0, 0.1) is 5.92 Å². The molecule has 0 spiro atoms. The van der Waals surface area contributed by atoms with E-state index in [4.69, 9.17) is 9.84 Å². The van der Waals surface area contributed by atoms with Gasteiger partial charge in [0, 0.05) is 29.8 Å². The Bertz CT molecular complexity index is 1320. The Morgan fingerprint density at radius 1 is 0.861 bits per heavy atom. The molecule has 0 radical (unpaired) electrons. The van der Waals surface area contributed by atoms with Crippen LogP contribution in [-0.4, -0.2) is 46.3 Å². The lowest BCUT2D eigenvalue weighted by atomic mass is 9.96. The summed E-state index contributed by atoms with van der Waals surface area (Å²) in [6.45, 7) is 3.32. The maximum Gasteiger partial charge on any atom is 0.309 e. The van der Waals surface area contributed by atoms with E-state index >= 15 is 0 Å². The number of rotatable bonds is 6. The van der Waals surface area contributed by atoms with Crippen LogP contribution in [0.25, 0.3) is 28.2 Å². The maximum absolute atomic E-state index is 13.1. The number of carbonyl (C=O) groups excluding carboxylic acids is 2. The van der Waals surface area contributed by atoms with Crippen LogP contribution in [0.15, 0.2) is 91.0 Å². The van der Waals surface area contributed by atoms with Crippen molar-refractivity contribution in [3.63, 3.8) is 0 Å². The van der Waals surface area contributed by atoms with Crippen LogP contribution in [-0.2, 0) is 9.53 Å². The molecule has 0 aliphatic carbocycles. The Labute approximate surface area is 211 Å². The van der Waals surface area contributed by atoms with E-state index in [9.17, 15) is 9.59 Å². The van der Waals surface area contributed by atoms with Crippen molar-refractivity contribution in [1.82, 2.24) is 14.7 Å². The predicted octanol–water partition coefficient (Wildman–Crippen LogP) is 5.62. The number of aromatic nitrogens is 2. The van der Waals surface area contributed by atoms with Crippen LogP contribution in [0.2, 0.25) is 0 Å². The quantitative estimate of drug-likeness (QED) is 0.337. The summed E-state index contributed by atoms with van der Waals surface area (Å²) >= 11 is 0. The average molecular weight is 480 g/mol. The average Bonchev–Trinajstić information content (AvgIpc) is 3.40. The number of piperidine rings is 1. The number of amides is 1. The van der Waals surface area contributed by atoms with Crippen LogP contribution >= 0.6 is 0 Å². The molecule has 6 nitrogen and oxygen atoms in total. The molecule has 1 amide bonds. The molecule has 1 aromatic heterocycles. The van der Waals surface area contributed by atoms with Crippen molar-refractivity contribution in [2.24, 2.45) is 5.92 Å². The molecule has 6 heteroatoms. The fourth-order valence-corrected chi connectivity index (χ4v) is 4.65. The molecule has 4 aromatic rings. The lowest BCUT2D eigenvalue weighted by Gasteiger charge is -2.31.